The van der Waals surface area contributed by atoms with E-state index in [4.69, 9.17) is 5.73 Å². The molecule has 10 nitrogen and oxygen atoms in total. The largest absolute Gasteiger partial charge is 0.363 e. The van der Waals surface area contributed by atoms with E-state index >= 15 is 0 Å². The summed E-state index contributed by atoms with van der Waals surface area (Å²) in [4.78, 5) is 65.5. The molecule has 5 N–H and O–H groups in total. The second-order valence-corrected chi connectivity index (χ2v) is 13.2. The molecule has 3 atom stereocenters. The molecule has 228 valence electrons. The van der Waals surface area contributed by atoms with Crippen LogP contribution < -0.4 is 21.7 Å². The second kappa shape index (κ2) is 14.8. The quantitative estimate of drug-likeness (QED) is 0.316. The standard InChI is InChI=1S/C27H45N5O5.C3H8/c1-26(2,3)21(30-25(37)31-27(4)13-6-5-7-14-27)24(36)32-15-9-12-19(32)23(35)29-18(20(33)22(28)34)16-17-10-8-11-17;1-3-2/h17-19,21H,5-16H2,1-4H3,(H2,28,34)(H,29,35)(H2,30,31,37);3H2,1-2H3. The van der Waals surface area contributed by atoms with Gasteiger partial charge in [-0.15, -0.1) is 0 Å². The number of carbonyl (C=O) groups excluding carboxylic acids is 5. The van der Waals surface area contributed by atoms with Gasteiger partial charge in [0.15, 0.2) is 0 Å². The summed E-state index contributed by atoms with van der Waals surface area (Å²) in [6.07, 6.45) is 10.7. The normalized spacial score (nSPS) is 22.1. The zero-order chi connectivity index (χ0) is 30.1. The van der Waals surface area contributed by atoms with Crippen LogP contribution in [-0.4, -0.2) is 64.6 Å². The second-order valence-electron chi connectivity index (χ2n) is 13.2. The third-order valence-corrected chi connectivity index (χ3v) is 8.27. The molecule has 2 aliphatic carbocycles. The lowest BCUT2D eigenvalue weighted by atomic mass is 9.80. The first-order valence-electron chi connectivity index (χ1n) is 15.3. The molecule has 1 aliphatic heterocycles. The predicted molar refractivity (Wildman–Crippen MR) is 155 cm³/mol. The van der Waals surface area contributed by atoms with Gasteiger partial charge in [-0.1, -0.05) is 79.6 Å². The van der Waals surface area contributed by atoms with E-state index in [1.807, 2.05) is 27.7 Å². The Labute approximate surface area is 240 Å². The number of likely N-dealkylation sites (tertiary alicyclic amines) is 1. The molecule has 0 aromatic rings. The highest BCUT2D eigenvalue weighted by Crippen LogP contribution is 2.31. The third kappa shape index (κ3) is 9.47. The maximum Gasteiger partial charge on any atom is 0.315 e. The number of nitrogens with zero attached hydrogens (tertiary/aromatic N) is 1. The first kappa shape index (κ1) is 33.6. The number of hydrogen-bond donors (Lipinski definition) is 4. The summed E-state index contributed by atoms with van der Waals surface area (Å²) < 4.78 is 0. The van der Waals surface area contributed by atoms with Crippen LogP contribution in [0.1, 0.15) is 119 Å². The van der Waals surface area contributed by atoms with E-state index in [1.165, 1.54) is 11.3 Å². The summed E-state index contributed by atoms with van der Waals surface area (Å²) in [7, 11) is 0. The number of hydrogen-bond acceptors (Lipinski definition) is 5. The van der Waals surface area contributed by atoms with Crippen LogP contribution in [0, 0.1) is 11.3 Å². The summed E-state index contributed by atoms with van der Waals surface area (Å²) in [6.45, 7) is 12.3. The summed E-state index contributed by atoms with van der Waals surface area (Å²) in [5.41, 5.74) is 4.34. The van der Waals surface area contributed by atoms with Gasteiger partial charge in [0.1, 0.15) is 12.1 Å². The molecule has 0 bridgehead atoms. The average molecular weight is 564 g/mol. The number of Topliss-reactive ketones (excluding diaryl/α,β-unsaturated/α-hetero) is 1. The molecular weight excluding hydrogens is 510 g/mol. The SMILES string of the molecule is CC1(NC(=O)NC(C(=O)N2CCCC2C(=O)NC(CC2CCC2)C(=O)C(N)=O)C(C)(C)C)CCCCC1.CCC. The Bertz CT molecular complexity index is 905. The summed E-state index contributed by atoms with van der Waals surface area (Å²) in [5, 5.41) is 8.69. The molecule has 3 unspecified atom stereocenters. The Morgan fingerprint density at radius 2 is 1.52 bits per heavy atom. The van der Waals surface area contributed by atoms with E-state index in [0.717, 1.165) is 51.4 Å². The van der Waals surface area contributed by atoms with Gasteiger partial charge in [0.05, 0.1) is 6.04 Å². The van der Waals surface area contributed by atoms with Gasteiger partial charge in [-0.05, 0) is 50.4 Å². The Hall–Kier alpha value is -2.65. The number of carbonyl (C=O) groups is 5. The van der Waals surface area contributed by atoms with Crippen molar-refractivity contribution in [2.75, 3.05) is 6.54 Å². The molecule has 0 spiro atoms. The molecule has 0 aromatic heterocycles. The van der Waals surface area contributed by atoms with Crippen molar-refractivity contribution in [2.24, 2.45) is 17.1 Å². The number of amides is 5. The van der Waals surface area contributed by atoms with E-state index in [2.05, 4.69) is 29.8 Å². The van der Waals surface area contributed by atoms with Crippen LogP contribution in [0.3, 0.4) is 0 Å². The highest BCUT2D eigenvalue weighted by molar-refractivity contribution is 6.37. The highest BCUT2D eigenvalue weighted by Gasteiger charge is 2.43. The monoisotopic (exact) mass is 563 g/mol. The Kier molecular flexibility index (Phi) is 12.4. The third-order valence-electron chi connectivity index (χ3n) is 8.27. The van der Waals surface area contributed by atoms with Crippen molar-refractivity contribution < 1.29 is 24.0 Å². The van der Waals surface area contributed by atoms with Crippen LogP contribution in [0.2, 0.25) is 0 Å². The zero-order valence-corrected chi connectivity index (χ0v) is 25.6. The number of primary amides is 1. The van der Waals surface area contributed by atoms with Crippen molar-refractivity contribution in [1.82, 2.24) is 20.9 Å². The predicted octanol–water partition coefficient (Wildman–Crippen LogP) is 3.56. The smallest absolute Gasteiger partial charge is 0.315 e. The molecule has 3 fully saturated rings. The van der Waals surface area contributed by atoms with E-state index in [-0.39, 0.29) is 23.4 Å². The number of urea groups is 1. The minimum absolute atomic E-state index is 0.272. The van der Waals surface area contributed by atoms with Gasteiger partial charge in [-0.3, -0.25) is 19.2 Å². The van der Waals surface area contributed by atoms with Crippen LogP contribution >= 0.6 is 0 Å². The fourth-order valence-electron chi connectivity index (χ4n) is 5.75. The topological polar surface area (TPSA) is 151 Å². The fraction of sp³-hybridized carbons (Fsp3) is 0.833. The number of nitrogens with one attached hydrogen (secondary N) is 3. The van der Waals surface area contributed by atoms with Crippen molar-refractivity contribution in [3.8, 4) is 0 Å². The molecule has 3 rings (SSSR count). The van der Waals surface area contributed by atoms with Crippen LogP contribution in [0.5, 0.6) is 0 Å². The number of rotatable bonds is 9. The van der Waals surface area contributed by atoms with E-state index in [0.29, 0.717) is 25.8 Å². The zero-order valence-electron chi connectivity index (χ0n) is 25.6. The lowest BCUT2D eigenvalue weighted by Crippen LogP contribution is -2.61. The van der Waals surface area contributed by atoms with Gasteiger partial charge < -0.3 is 26.6 Å². The van der Waals surface area contributed by atoms with Crippen molar-refractivity contribution in [1.29, 1.82) is 0 Å². The lowest BCUT2D eigenvalue weighted by Gasteiger charge is -2.38. The molecule has 40 heavy (non-hydrogen) atoms. The molecule has 0 radical (unpaired) electrons. The van der Waals surface area contributed by atoms with E-state index in [1.54, 1.807) is 0 Å². The summed E-state index contributed by atoms with van der Waals surface area (Å²) >= 11 is 0. The van der Waals surface area contributed by atoms with Crippen molar-refractivity contribution in [3.63, 3.8) is 0 Å². The van der Waals surface area contributed by atoms with Crippen LogP contribution in [-0.2, 0) is 19.2 Å². The van der Waals surface area contributed by atoms with Gasteiger partial charge in [0, 0.05) is 12.1 Å². The van der Waals surface area contributed by atoms with Gasteiger partial charge >= 0.3 is 6.03 Å². The van der Waals surface area contributed by atoms with Crippen LogP contribution in [0.15, 0.2) is 0 Å². The van der Waals surface area contributed by atoms with Crippen LogP contribution in [0.25, 0.3) is 0 Å². The number of nitrogens with two attached hydrogens (primary N) is 1. The fourth-order valence-corrected chi connectivity index (χ4v) is 5.75. The molecule has 1 saturated heterocycles. The first-order chi connectivity index (χ1) is 18.7. The summed E-state index contributed by atoms with van der Waals surface area (Å²) in [6, 6.07) is -2.98. The Balaban J connectivity index is 0.00000178. The van der Waals surface area contributed by atoms with Gasteiger partial charge in [-0.25, -0.2) is 4.79 Å². The Morgan fingerprint density at radius 1 is 0.925 bits per heavy atom. The van der Waals surface area contributed by atoms with E-state index < -0.39 is 41.1 Å². The number of ketones is 1. The molecular formula is C30H53N5O5. The van der Waals surface area contributed by atoms with Gasteiger partial charge in [0.2, 0.25) is 17.6 Å². The molecule has 0 aromatic carbocycles. The maximum atomic E-state index is 13.7. The molecule has 10 heteroatoms. The molecule has 1 heterocycles. The molecule has 2 saturated carbocycles. The molecule has 3 aliphatic rings. The average Bonchev–Trinajstić information content (AvgIpc) is 3.33. The summed E-state index contributed by atoms with van der Waals surface area (Å²) in [5.74, 6) is -2.40. The minimum Gasteiger partial charge on any atom is -0.363 e. The van der Waals surface area contributed by atoms with Crippen molar-refractivity contribution >= 4 is 29.5 Å². The van der Waals surface area contributed by atoms with Crippen molar-refractivity contribution in [2.45, 2.75) is 142 Å². The van der Waals surface area contributed by atoms with Crippen LogP contribution in [0.4, 0.5) is 4.79 Å². The molecule has 5 amide bonds. The van der Waals surface area contributed by atoms with Gasteiger partial charge in [0.25, 0.3) is 5.91 Å². The highest BCUT2D eigenvalue weighted by atomic mass is 16.2. The maximum absolute atomic E-state index is 13.7. The minimum atomic E-state index is -1.07. The van der Waals surface area contributed by atoms with E-state index in [9.17, 15) is 24.0 Å². The van der Waals surface area contributed by atoms with Gasteiger partial charge in [-0.2, -0.15) is 0 Å². The first-order valence-corrected chi connectivity index (χ1v) is 15.3. The lowest BCUT2D eigenvalue weighted by molar-refractivity contribution is -0.143. The van der Waals surface area contributed by atoms with Crippen molar-refractivity contribution in [3.05, 3.63) is 0 Å². The Morgan fingerprint density at radius 3 is 2.02 bits per heavy atom.